The minimum atomic E-state index is -0.640. The number of benzene rings is 1. The number of aliphatic hydroxyl groups excluding tert-OH is 1. The van der Waals surface area contributed by atoms with Crippen molar-refractivity contribution in [1.29, 1.82) is 0 Å². The van der Waals surface area contributed by atoms with Gasteiger partial charge in [-0.25, -0.2) is 4.98 Å². The molecule has 112 valence electrons. The molecule has 1 amide bonds. The predicted octanol–water partition coefficient (Wildman–Crippen LogP) is 1.91. The van der Waals surface area contributed by atoms with Crippen LogP contribution in [-0.4, -0.2) is 35.2 Å². The van der Waals surface area contributed by atoms with Crippen LogP contribution in [0.2, 0.25) is 0 Å². The van der Waals surface area contributed by atoms with Crippen molar-refractivity contribution in [3.8, 4) is 0 Å². The van der Waals surface area contributed by atoms with Gasteiger partial charge in [-0.15, -0.1) is 11.3 Å². The molecule has 1 heterocycles. The minimum absolute atomic E-state index is 0.271. The summed E-state index contributed by atoms with van der Waals surface area (Å²) in [6, 6.07) is 9.36. The molecule has 3 N–H and O–H groups in total. The van der Waals surface area contributed by atoms with Crippen LogP contribution in [0, 0.1) is 0 Å². The lowest BCUT2D eigenvalue weighted by Crippen LogP contribution is -2.42. The van der Waals surface area contributed by atoms with Crippen LogP contribution in [0.3, 0.4) is 0 Å². The molecule has 0 saturated heterocycles. The Morgan fingerprint density at radius 3 is 2.71 bits per heavy atom. The number of carbonyl (C=O) groups excluding carboxylic acids is 1. The lowest BCUT2D eigenvalue weighted by atomic mass is 10.0. The summed E-state index contributed by atoms with van der Waals surface area (Å²) in [7, 11) is 1.76. The highest BCUT2D eigenvalue weighted by Crippen LogP contribution is 2.14. The first kappa shape index (κ1) is 15.5. The fraction of sp³-hybridized carbons (Fsp3) is 0.333. The molecule has 21 heavy (non-hydrogen) atoms. The second-order valence-corrected chi connectivity index (χ2v) is 5.67. The third kappa shape index (κ3) is 4.27. The minimum Gasteiger partial charge on any atom is -0.391 e. The van der Waals surface area contributed by atoms with Gasteiger partial charge >= 0.3 is 0 Å². The predicted molar refractivity (Wildman–Crippen MR) is 84.7 cm³/mol. The fourth-order valence-corrected chi connectivity index (χ4v) is 2.55. The number of aromatic nitrogens is 1. The Labute approximate surface area is 128 Å². The summed E-state index contributed by atoms with van der Waals surface area (Å²) in [6.45, 7) is 1.79. The highest BCUT2D eigenvalue weighted by atomic mass is 32.1. The van der Waals surface area contributed by atoms with Gasteiger partial charge in [-0.1, -0.05) is 30.3 Å². The van der Waals surface area contributed by atoms with Gasteiger partial charge in [0, 0.05) is 18.8 Å². The van der Waals surface area contributed by atoms with E-state index in [0.29, 0.717) is 17.2 Å². The zero-order chi connectivity index (χ0) is 15.2. The molecule has 0 bridgehead atoms. The molecule has 0 spiro atoms. The Morgan fingerprint density at radius 2 is 2.10 bits per heavy atom. The summed E-state index contributed by atoms with van der Waals surface area (Å²) >= 11 is 1.37. The van der Waals surface area contributed by atoms with Crippen LogP contribution in [-0.2, 0) is 6.42 Å². The second kappa shape index (κ2) is 7.19. The van der Waals surface area contributed by atoms with Crippen LogP contribution >= 0.6 is 11.3 Å². The van der Waals surface area contributed by atoms with Crippen molar-refractivity contribution in [3.63, 3.8) is 0 Å². The van der Waals surface area contributed by atoms with Crippen molar-refractivity contribution in [2.24, 2.45) is 0 Å². The third-order valence-corrected chi connectivity index (χ3v) is 4.03. The van der Waals surface area contributed by atoms with E-state index >= 15 is 0 Å². The van der Waals surface area contributed by atoms with Gasteiger partial charge in [-0.2, -0.15) is 0 Å². The van der Waals surface area contributed by atoms with E-state index in [1.165, 1.54) is 11.3 Å². The fourth-order valence-electron chi connectivity index (χ4n) is 1.90. The molecule has 0 fully saturated rings. The smallest absolute Gasteiger partial charge is 0.271 e. The number of anilines is 1. The van der Waals surface area contributed by atoms with Crippen molar-refractivity contribution in [2.75, 3.05) is 12.4 Å². The highest BCUT2D eigenvalue weighted by Gasteiger charge is 2.19. The summed E-state index contributed by atoms with van der Waals surface area (Å²) in [6.07, 6.45) is -0.139. The van der Waals surface area contributed by atoms with Gasteiger partial charge < -0.3 is 15.7 Å². The summed E-state index contributed by atoms with van der Waals surface area (Å²) in [5.74, 6) is -0.271. The van der Waals surface area contributed by atoms with Gasteiger partial charge in [0.1, 0.15) is 5.69 Å². The van der Waals surface area contributed by atoms with Crippen LogP contribution in [0.4, 0.5) is 5.13 Å². The molecule has 1 aromatic carbocycles. The Bertz CT molecular complexity index is 586. The number of carbonyl (C=O) groups is 1. The van der Waals surface area contributed by atoms with E-state index in [-0.39, 0.29) is 11.9 Å². The average molecular weight is 305 g/mol. The van der Waals surface area contributed by atoms with Crippen molar-refractivity contribution in [2.45, 2.75) is 25.5 Å². The van der Waals surface area contributed by atoms with Crippen molar-refractivity contribution < 1.29 is 9.90 Å². The lowest BCUT2D eigenvalue weighted by Gasteiger charge is -2.19. The normalized spacial score (nSPS) is 13.5. The molecular weight excluding hydrogens is 286 g/mol. The molecular formula is C15H19N3O2S. The highest BCUT2D eigenvalue weighted by molar-refractivity contribution is 7.13. The molecule has 2 aromatic rings. The third-order valence-electron chi connectivity index (χ3n) is 3.17. The molecule has 2 unspecified atom stereocenters. The molecule has 0 radical (unpaired) electrons. The molecule has 0 aliphatic heterocycles. The van der Waals surface area contributed by atoms with Gasteiger partial charge in [0.15, 0.2) is 5.13 Å². The number of hydrogen-bond donors (Lipinski definition) is 3. The maximum atomic E-state index is 12.0. The summed E-state index contributed by atoms with van der Waals surface area (Å²) in [5.41, 5.74) is 1.40. The first-order chi connectivity index (χ1) is 10.1. The monoisotopic (exact) mass is 305 g/mol. The molecule has 1 aromatic heterocycles. The topological polar surface area (TPSA) is 74.2 Å². The average Bonchev–Trinajstić information content (AvgIpc) is 2.97. The Balaban J connectivity index is 1.91. The Kier molecular flexibility index (Phi) is 5.30. The first-order valence-electron chi connectivity index (χ1n) is 6.76. The molecule has 2 atom stereocenters. The summed E-state index contributed by atoms with van der Waals surface area (Å²) < 4.78 is 0. The van der Waals surface area contributed by atoms with E-state index < -0.39 is 6.10 Å². The molecule has 2 rings (SSSR count). The molecule has 0 aliphatic carbocycles. The van der Waals surface area contributed by atoms with E-state index in [0.717, 1.165) is 5.56 Å². The van der Waals surface area contributed by atoms with Crippen LogP contribution < -0.4 is 10.6 Å². The first-order valence-corrected chi connectivity index (χ1v) is 7.64. The Morgan fingerprint density at radius 1 is 1.38 bits per heavy atom. The van der Waals surface area contributed by atoms with Crippen LogP contribution in [0.1, 0.15) is 23.0 Å². The van der Waals surface area contributed by atoms with Gasteiger partial charge in [0.2, 0.25) is 0 Å². The molecule has 6 heteroatoms. The van der Waals surface area contributed by atoms with E-state index in [4.69, 9.17) is 0 Å². The summed E-state index contributed by atoms with van der Waals surface area (Å²) in [4.78, 5) is 16.2. The van der Waals surface area contributed by atoms with Gasteiger partial charge in [0.05, 0.1) is 12.1 Å². The number of rotatable bonds is 6. The quantitative estimate of drug-likeness (QED) is 0.762. The van der Waals surface area contributed by atoms with E-state index in [9.17, 15) is 9.90 Å². The zero-order valence-corrected chi connectivity index (χ0v) is 12.9. The van der Waals surface area contributed by atoms with Gasteiger partial charge in [-0.3, -0.25) is 4.79 Å². The second-order valence-electron chi connectivity index (χ2n) is 4.81. The van der Waals surface area contributed by atoms with E-state index in [2.05, 4.69) is 15.6 Å². The maximum absolute atomic E-state index is 12.0. The number of thiazole rings is 1. The van der Waals surface area contributed by atoms with Crippen LogP contribution in [0.15, 0.2) is 35.7 Å². The molecule has 5 nitrogen and oxygen atoms in total. The Hall–Kier alpha value is -1.92. The number of hydrogen-bond acceptors (Lipinski definition) is 5. The zero-order valence-electron chi connectivity index (χ0n) is 12.0. The van der Waals surface area contributed by atoms with Crippen LogP contribution in [0.25, 0.3) is 0 Å². The van der Waals surface area contributed by atoms with Gasteiger partial charge in [0.25, 0.3) is 5.91 Å². The van der Waals surface area contributed by atoms with Crippen LogP contribution in [0.5, 0.6) is 0 Å². The number of aliphatic hydroxyl groups is 1. The van der Waals surface area contributed by atoms with E-state index in [1.54, 1.807) is 19.4 Å². The van der Waals surface area contributed by atoms with Gasteiger partial charge in [-0.05, 0) is 12.5 Å². The lowest BCUT2D eigenvalue weighted by molar-refractivity contribution is 0.0848. The number of nitrogens with zero attached hydrogens (tertiary/aromatic N) is 1. The standard InChI is InChI=1S/C15H19N3O2S/c1-10(13(19)8-11-6-4-3-5-7-11)17-14(20)12-9-21-15(16-2)18-12/h3-7,9-10,13,19H,8H2,1-2H3,(H,16,18)(H,17,20). The van der Waals surface area contributed by atoms with Crippen molar-refractivity contribution in [3.05, 3.63) is 47.0 Å². The SMILES string of the molecule is CNc1nc(C(=O)NC(C)C(O)Cc2ccccc2)cs1. The van der Waals surface area contributed by atoms with E-state index in [1.807, 2.05) is 30.3 Å². The number of amides is 1. The largest absolute Gasteiger partial charge is 0.391 e. The summed E-state index contributed by atoms with van der Waals surface area (Å²) in [5, 5.41) is 18.2. The van der Waals surface area contributed by atoms with Crippen molar-refractivity contribution >= 4 is 22.4 Å². The molecule has 0 saturated carbocycles. The maximum Gasteiger partial charge on any atom is 0.271 e. The van der Waals surface area contributed by atoms with Crippen molar-refractivity contribution in [1.82, 2.24) is 10.3 Å². The number of nitrogens with one attached hydrogen (secondary N) is 2. The molecule has 0 aliphatic rings.